The third-order valence-electron chi connectivity index (χ3n) is 0.897. The number of methoxy groups -OCH3 is 1. The van der Waals surface area contributed by atoms with E-state index < -0.39 is 0 Å². The first-order valence-corrected chi connectivity index (χ1v) is 3.07. The quantitative estimate of drug-likeness (QED) is 0.332. The van der Waals surface area contributed by atoms with Crippen molar-refractivity contribution in [3.8, 4) is 0 Å². The third kappa shape index (κ3) is 5.31. The fourth-order valence-corrected chi connectivity index (χ4v) is 0.365. The number of carbonyl (C=O) groups is 1. The monoisotopic (exact) mass is 144 g/mol. The van der Waals surface area contributed by atoms with E-state index in [0.29, 0.717) is 6.61 Å². The van der Waals surface area contributed by atoms with E-state index in [1.165, 1.54) is 7.11 Å². The van der Waals surface area contributed by atoms with Gasteiger partial charge in [0.15, 0.2) is 0 Å². The highest BCUT2D eigenvalue weighted by molar-refractivity contribution is 5.70. The Morgan fingerprint density at radius 2 is 2.30 bits per heavy atom. The second-order valence-electron chi connectivity index (χ2n) is 1.66. The molecular formula is C7H12O3. The number of rotatable bonds is 4. The number of ether oxygens (including phenoxy) is 2. The second kappa shape index (κ2) is 6.29. The standard InChI is InChI=1S/C7H12O3/c1-3-4-5-10-6-7(8)9-2/h3-4H,5-6H2,1-2H3. The average molecular weight is 144 g/mol. The molecular weight excluding hydrogens is 132 g/mol. The van der Waals surface area contributed by atoms with E-state index in [4.69, 9.17) is 4.74 Å². The zero-order valence-electron chi connectivity index (χ0n) is 6.29. The first-order chi connectivity index (χ1) is 4.81. The van der Waals surface area contributed by atoms with E-state index in [-0.39, 0.29) is 12.6 Å². The predicted octanol–water partition coefficient (Wildman–Crippen LogP) is 0.752. The Morgan fingerprint density at radius 3 is 2.80 bits per heavy atom. The van der Waals surface area contributed by atoms with Gasteiger partial charge in [-0.1, -0.05) is 12.2 Å². The largest absolute Gasteiger partial charge is 0.467 e. The summed E-state index contributed by atoms with van der Waals surface area (Å²) in [6.07, 6.45) is 3.68. The van der Waals surface area contributed by atoms with Crippen LogP contribution in [0.1, 0.15) is 6.92 Å². The lowest BCUT2D eigenvalue weighted by molar-refractivity contribution is -0.145. The summed E-state index contributed by atoms with van der Waals surface area (Å²) in [6.45, 7) is 2.38. The molecule has 0 aromatic carbocycles. The molecule has 0 aliphatic heterocycles. The third-order valence-corrected chi connectivity index (χ3v) is 0.897. The number of hydrogen-bond acceptors (Lipinski definition) is 3. The Bertz CT molecular complexity index is 118. The maximum atomic E-state index is 10.4. The Morgan fingerprint density at radius 1 is 1.60 bits per heavy atom. The molecule has 0 aromatic heterocycles. The first-order valence-electron chi connectivity index (χ1n) is 3.07. The molecule has 10 heavy (non-hydrogen) atoms. The Balaban J connectivity index is 3.11. The molecule has 0 atom stereocenters. The molecule has 0 radical (unpaired) electrons. The molecule has 3 heteroatoms. The molecule has 0 spiro atoms. The molecule has 3 nitrogen and oxygen atoms in total. The van der Waals surface area contributed by atoms with E-state index in [0.717, 1.165) is 0 Å². The number of hydrogen-bond donors (Lipinski definition) is 0. The summed E-state index contributed by atoms with van der Waals surface area (Å²) in [5.41, 5.74) is 0. The van der Waals surface area contributed by atoms with Crippen LogP contribution in [0, 0.1) is 0 Å². The molecule has 0 aliphatic rings. The minimum atomic E-state index is -0.343. The Labute approximate surface area is 60.6 Å². The van der Waals surface area contributed by atoms with Gasteiger partial charge in [0.2, 0.25) is 0 Å². The van der Waals surface area contributed by atoms with Gasteiger partial charge in [0.05, 0.1) is 13.7 Å². The number of esters is 1. The summed E-state index contributed by atoms with van der Waals surface area (Å²) >= 11 is 0. The van der Waals surface area contributed by atoms with Crippen LogP contribution in [0.4, 0.5) is 0 Å². The fourth-order valence-electron chi connectivity index (χ4n) is 0.365. The molecule has 0 aliphatic carbocycles. The SMILES string of the molecule is CC=CCOCC(=O)OC. The molecule has 58 valence electrons. The summed E-state index contributed by atoms with van der Waals surface area (Å²) in [7, 11) is 1.33. The normalized spacial score (nSPS) is 10.2. The van der Waals surface area contributed by atoms with Crippen LogP contribution in [0.2, 0.25) is 0 Å². The zero-order chi connectivity index (χ0) is 7.82. The highest BCUT2D eigenvalue weighted by atomic mass is 16.6. The lowest BCUT2D eigenvalue weighted by Gasteiger charge is -1.97. The van der Waals surface area contributed by atoms with Crippen LogP contribution in [0.3, 0.4) is 0 Å². The summed E-state index contributed by atoms with van der Waals surface area (Å²) < 4.78 is 9.21. The Kier molecular flexibility index (Phi) is 5.77. The summed E-state index contributed by atoms with van der Waals surface area (Å²) in [6, 6.07) is 0. The first kappa shape index (κ1) is 9.17. The zero-order valence-corrected chi connectivity index (χ0v) is 6.29. The molecule has 0 bridgehead atoms. The van der Waals surface area contributed by atoms with E-state index in [1.807, 2.05) is 19.1 Å². The molecule has 0 saturated heterocycles. The molecule has 0 heterocycles. The average Bonchev–Trinajstić information content (AvgIpc) is 1.98. The van der Waals surface area contributed by atoms with Gasteiger partial charge < -0.3 is 9.47 Å². The smallest absolute Gasteiger partial charge is 0.331 e. The van der Waals surface area contributed by atoms with Crippen molar-refractivity contribution >= 4 is 5.97 Å². The maximum Gasteiger partial charge on any atom is 0.331 e. The summed E-state index contributed by atoms with van der Waals surface area (Å²) in [5, 5.41) is 0. The molecule has 0 rings (SSSR count). The predicted molar refractivity (Wildman–Crippen MR) is 37.6 cm³/mol. The van der Waals surface area contributed by atoms with Crippen molar-refractivity contribution in [1.82, 2.24) is 0 Å². The maximum absolute atomic E-state index is 10.4. The van der Waals surface area contributed by atoms with E-state index in [1.54, 1.807) is 0 Å². The second-order valence-corrected chi connectivity index (χ2v) is 1.66. The van der Waals surface area contributed by atoms with Gasteiger partial charge in [-0.05, 0) is 6.92 Å². The van der Waals surface area contributed by atoms with Crippen LogP contribution in [-0.4, -0.2) is 26.3 Å². The molecule has 0 N–H and O–H groups in total. The van der Waals surface area contributed by atoms with Crippen molar-refractivity contribution in [2.45, 2.75) is 6.92 Å². The highest BCUT2D eigenvalue weighted by Gasteiger charge is 1.96. The van der Waals surface area contributed by atoms with Gasteiger partial charge in [0.25, 0.3) is 0 Å². The van der Waals surface area contributed by atoms with E-state index >= 15 is 0 Å². The summed E-state index contributed by atoms with van der Waals surface area (Å²) in [5.74, 6) is -0.343. The molecule has 0 unspecified atom stereocenters. The van der Waals surface area contributed by atoms with Crippen molar-refractivity contribution < 1.29 is 14.3 Å². The van der Waals surface area contributed by atoms with Crippen molar-refractivity contribution in [3.05, 3.63) is 12.2 Å². The van der Waals surface area contributed by atoms with Gasteiger partial charge in [-0.15, -0.1) is 0 Å². The van der Waals surface area contributed by atoms with Crippen LogP contribution in [0.5, 0.6) is 0 Å². The minimum Gasteiger partial charge on any atom is -0.467 e. The molecule has 0 saturated carbocycles. The van der Waals surface area contributed by atoms with Crippen LogP contribution in [0.25, 0.3) is 0 Å². The van der Waals surface area contributed by atoms with Crippen molar-refractivity contribution in [2.75, 3.05) is 20.3 Å². The molecule has 0 fully saturated rings. The van der Waals surface area contributed by atoms with Crippen LogP contribution in [0.15, 0.2) is 12.2 Å². The minimum absolute atomic E-state index is 0.0286. The van der Waals surface area contributed by atoms with Crippen molar-refractivity contribution in [2.24, 2.45) is 0 Å². The molecule has 0 amide bonds. The number of allylic oxidation sites excluding steroid dienone is 1. The topological polar surface area (TPSA) is 35.5 Å². The molecule has 0 aromatic rings. The van der Waals surface area contributed by atoms with Crippen LogP contribution in [-0.2, 0) is 14.3 Å². The van der Waals surface area contributed by atoms with Crippen molar-refractivity contribution in [3.63, 3.8) is 0 Å². The Hall–Kier alpha value is -0.830. The lowest BCUT2D eigenvalue weighted by Crippen LogP contribution is -2.09. The fraction of sp³-hybridized carbons (Fsp3) is 0.571. The van der Waals surface area contributed by atoms with E-state index in [2.05, 4.69) is 4.74 Å². The summed E-state index contributed by atoms with van der Waals surface area (Å²) in [4.78, 5) is 10.4. The lowest BCUT2D eigenvalue weighted by atomic mass is 10.5. The van der Waals surface area contributed by atoms with Crippen molar-refractivity contribution in [1.29, 1.82) is 0 Å². The van der Waals surface area contributed by atoms with Gasteiger partial charge in [0.1, 0.15) is 6.61 Å². The van der Waals surface area contributed by atoms with Crippen LogP contribution >= 0.6 is 0 Å². The van der Waals surface area contributed by atoms with Gasteiger partial charge in [-0.2, -0.15) is 0 Å². The van der Waals surface area contributed by atoms with Gasteiger partial charge in [-0.25, -0.2) is 4.79 Å². The van der Waals surface area contributed by atoms with Gasteiger partial charge in [0, 0.05) is 0 Å². The highest BCUT2D eigenvalue weighted by Crippen LogP contribution is 1.79. The number of carbonyl (C=O) groups excluding carboxylic acids is 1. The van der Waals surface area contributed by atoms with E-state index in [9.17, 15) is 4.79 Å². The van der Waals surface area contributed by atoms with Gasteiger partial charge in [-0.3, -0.25) is 0 Å². The van der Waals surface area contributed by atoms with Crippen LogP contribution < -0.4 is 0 Å². The van der Waals surface area contributed by atoms with Gasteiger partial charge >= 0.3 is 5.97 Å².